The van der Waals surface area contributed by atoms with Crippen LogP contribution in [0.15, 0.2) is 5.16 Å². The molecule has 2 amide bonds. The third-order valence-electron chi connectivity index (χ3n) is 1.83. The molecule has 0 atom stereocenters. The Labute approximate surface area is 94.2 Å². The topological polar surface area (TPSA) is 68.2 Å². The molecule has 16 heavy (non-hydrogen) atoms. The van der Waals surface area contributed by atoms with Gasteiger partial charge >= 0.3 is 6.09 Å². The molecule has 1 rings (SSSR count). The molecule has 1 aliphatic heterocycles. The molecule has 0 aromatic carbocycles. The van der Waals surface area contributed by atoms with Crippen LogP contribution in [0.1, 0.15) is 27.2 Å². The number of hydrogen-bond acceptors (Lipinski definition) is 5. The quantitative estimate of drug-likeness (QED) is 0.631. The van der Waals surface area contributed by atoms with Crippen LogP contribution in [0, 0.1) is 0 Å². The van der Waals surface area contributed by atoms with Crippen molar-refractivity contribution in [1.82, 2.24) is 4.90 Å². The van der Waals surface area contributed by atoms with Gasteiger partial charge in [0.05, 0.1) is 18.7 Å². The second-order valence-electron chi connectivity index (χ2n) is 4.48. The molecule has 0 radical (unpaired) electrons. The summed E-state index contributed by atoms with van der Waals surface area (Å²) in [5.74, 6) is -0.315. The van der Waals surface area contributed by atoms with Crippen molar-refractivity contribution in [2.45, 2.75) is 32.8 Å². The Balaban J connectivity index is 2.65. The summed E-state index contributed by atoms with van der Waals surface area (Å²) in [4.78, 5) is 28.7. The van der Waals surface area contributed by atoms with Crippen molar-refractivity contribution in [3.8, 4) is 0 Å². The van der Waals surface area contributed by atoms with Crippen molar-refractivity contribution in [2.24, 2.45) is 5.16 Å². The van der Waals surface area contributed by atoms with Crippen molar-refractivity contribution in [3.63, 3.8) is 0 Å². The number of carbonyl (C=O) groups excluding carboxylic acids is 2. The molecule has 1 saturated heterocycles. The molecule has 0 bridgehead atoms. The molecule has 6 heteroatoms. The molecule has 0 aliphatic carbocycles. The molecule has 0 N–H and O–H groups in total. The van der Waals surface area contributed by atoms with Crippen molar-refractivity contribution < 1.29 is 19.2 Å². The summed E-state index contributed by atoms with van der Waals surface area (Å²) in [6.45, 7) is 5.38. The molecule has 0 spiro atoms. The first-order valence-electron chi connectivity index (χ1n) is 4.96. The van der Waals surface area contributed by atoms with Crippen molar-refractivity contribution in [1.29, 1.82) is 0 Å². The van der Waals surface area contributed by atoms with Gasteiger partial charge in [0.1, 0.15) is 12.7 Å². The number of hydrogen-bond donors (Lipinski definition) is 0. The maximum absolute atomic E-state index is 11.6. The van der Waals surface area contributed by atoms with E-state index in [0.717, 1.165) is 4.90 Å². The van der Waals surface area contributed by atoms with Crippen molar-refractivity contribution in [3.05, 3.63) is 0 Å². The first-order valence-corrected chi connectivity index (χ1v) is 4.96. The number of imide groups is 1. The second-order valence-corrected chi connectivity index (χ2v) is 4.48. The third-order valence-corrected chi connectivity index (χ3v) is 1.83. The average molecular weight is 228 g/mol. The average Bonchev–Trinajstić information content (AvgIpc) is 2.44. The first kappa shape index (κ1) is 12.5. The Morgan fingerprint density at radius 1 is 1.44 bits per heavy atom. The van der Waals surface area contributed by atoms with Gasteiger partial charge < -0.3 is 9.57 Å². The molecule has 0 saturated carbocycles. The third kappa shape index (κ3) is 3.22. The molecule has 1 aliphatic rings. The molecule has 0 aromatic heterocycles. The highest BCUT2D eigenvalue weighted by molar-refractivity contribution is 6.13. The summed E-state index contributed by atoms with van der Waals surface area (Å²) in [5, 5.41) is 3.65. The summed E-state index contributed by atoms with van der Waals surface area (Å²) in [7, 11) is 1.40. The number of amides is 2. The van der Waals surface area contributed by atoms with Gasteiger partial charge in [-0.05, 0) is 20.8 Å². The highest BCUT2D eigenvalue weighted by Gasteiger charge is 2.34. The Kier molecular flexibility index (Phi) is 3.51. The van der Waals surface area contributed by atoms with Gasteiger partial charge in [-0.15, -0.1) is 0 Å². The first-order chi connectivity index (χ1) is 7.33. The predicted octanol–water partition coefficient (Wildman–Crippen LogP) is 1.16. The summed E-state index contributed by atoms with van der Waals surface area (Å²) < 4.78 is 5.09. The largest absolute Gasteiger partial charge is 0.443 e. The molecule has 0 aromatic rings. The van der Waals surface area contributed by atoms with Gasteiger partial charge in [-0.25, -0.2) is 9.69 Å². The molecule has 1 fully saturated rings. The fraction of sp³-hybridized carbons (Fsp3) is 0.700. The molecule has 6 nitrogen and oxygen atoms in total. The Morgan fingerprint density at radius 3 is 2.56 bits per heavy atom. The molecule has 90 valence electrons. The lowest BCUT2D eigenvalue weighted by Gasteiger charge is -2.22. The zero-order valence-corrected chi connectivity index (χ0v) is 9.94. The van der Waals surface area contributed by atoms with E-state index in [9.17, 15) is 9.59 Å². The van der Waals surface area contributed by atoms with Gasteiger partial charge in [-0.3, -0.25) is 4.79 Å². The maximum Gasteiger partial charge on any atom is 0.417 e. The second kappa shape index (κ2) is 4.51. The lowest BCUT2D eigenvalue weighted by atomic mass is 10.2. The predicted molar refractivity (Wildman–Crippen MR) is 57.0 cm³/mol. The van der Waals surface area contributed by atoms with Gasteiger partial charge in [0, 0.05) is 0 Å². The van der Waals surface area contributed by atoms with E-state index in [-0.39, 0.29) is 18.9 Å². The van der Waals surface area contributed by atoms with Crippen LogP contribution >= 0.6 is 0 Å². The SMILES string of the molecule is CO/N=C1\CC(=O)N(C(=O)OC(C)(C)C)C1. The number of rotatable bonds is 1. The van der Waals surface area contributed by atoms with Gasteiger partial charge in [-0.1, -0.05) is 5.16 Å². The molecule has 0 unspecified atom stereocenters. The van der Waals surface area contributed by atoms with E-state index in [0.29, 0.717) is 5.71 Å². The molecule has 1 heterocycles. The van der Waals surface area contributed by atoms with Crippen LogP contribution in [-0.2, 0) is 14.4 Å². The van der Waals surface area contributed by atoms with Crippen LogP contribution in [-0.4, -0.2) is 41.9 Å². The number of likely N-dealkylation sites (tertiary alicyclic amines) is 1. The van der Waals surface area contributed by atoms with E-state index >= 15 is 0 Å². The van der Waals surface area contributed by atoms with E-state index in [1.54, 1.807) is 20.8 Å². The standard InChI is InChI=1S/C10H16N2O4/c1-10(2,3)16-9(14)12-6-7(11-15-4)5-8(12)13/h5-6H2,1-4H3/b11-7+. The van der Waals surface area contributed by atoms with Crippen LogP contribution in [0.4, 0.5) is 4.79 Å². The number of oxime groups is 1. The zero-order valence-electron chi connectivity index (χ0n) is 9.94. The fourth-order valence-corrected chi connectivity index (χ4v) is 1.27. The number of carbonyl (C=O) groups is 2. The summed E-state index contributed by atoms with van der Waals surface area (Å²) in [6, 6.07) is 0. The van der Waals surface area contributed by atoms with E-state index in [1.807, 2.05) is 0 Å². The van der Waals surface area contributed by atoms with E-state index in [2.05, 4.69) is 9.99 Å². The smallest absolute Gasteiger partial charge is 0.417 e. The minimum absolute atomic E-state index is 0.104. The van der Waals surface area contributed by atoms with Gasteiger partial charge in [-0.2, -0.15) is 0 Å². The van der Waals surface area contributed by atoms with E-state index in [4.69, 9.17) is 4.74 Å². The monoisotopic (exact) mass is 228 g/mol. The number of ether oxygens (including phenoxy) is 1. The van der Waals surface area contributed by atoms with Crippen LogP contribution in [0.25, 0.3) is 0 Å². The summed E-state index contributed by atoms with van der Waals surface area (Å²) in [5.41, 5.74) is -0.0863. The van der Waals surface area contributed by atoms with Gasteiger partial charge in [0.25, 0.3) is 0 Å². The van der Waals surface area contributed by atoms with Crippen molar-refractivity contribution in [2.75, 3.05) is 13.7 Å². The molecular weight excluding hydrogens is 212 g/mol. The van der Waals surface area contributed by atoms with Crippen LogP contribution in [0.5, 0.6) is 0 Å². The zero-order chi connectivity index (χ0) is 12.3. The number of nitrogens with zero attached hydrogens (tertiary/aromatic N) is 2. The van der Waals surface area contributed by atoms with Gasteiger partial charge in [0.2, 0.25) is 5.91 Å². The lowest BCUT2D eigenvalue weighted by molar-refractivity contribution is -0.126. The van der Waals surface area contributed by atoms with Crippen LogP contribution < -0.4 is 0 Å². The van der Waals surface area contributed by atoms with Crippen LogP contribution in [0.2, 0.25) is 0 Å². The Morgan fingerprint density at radius 2 is 2.06 bits per heavy atom. The Bertz CT molecular complexity index is 330. The normalized spacial score (nSPS) is 19.1. The van der Waals surface area contributed by atoms with Crippen LogP contribution in [0.3, 0.4) is 0 Å². The highest BCUT2D eigenvalue weighted by Crippen LogP contribution is 2.15. The minimum Gasteiger partial charge on any atom is -0.443 e. The molecular formula is C10H16N2O4. The highest BCUT2D eigenvalue weighted by atomic mass is 16.6. The van der Waals surface area contributed by atoms with E-state index < -0.39 is 11.7 Å². The Hall–Kier alpha value is -1.59. The van der Waals surface area contributed by atoms with Crippen molar-refractivity contribution >= 4 is 17.7 Å². The maximum atomic E-state index is 11.6. The summed E-state index contributed by atoms with van der Waals surface area (Å²) >= 11 is 0. The van der Waals surface area contributed by atoms with E-state index in [1.165, 1.54) is 7.11 Å². The summed E-state index contributed by atoms with van der Waals surface area (Å²) in [6.07, 6.45) is -0.536. The van der Waals surface area contributed by atoms with Gasteiger partial charge in [0.15, 0.2) is 0 Å². The minimum atomic E-state index is -0.640. The fourth-order valence-electron chi connectivity index (χ4n) is 1.27. The lowest BCUT2D eigenvalue weighted by Crippen LogP contribution is -2.37.